The van der Waals surface area contributed by atoms with Crippen LogP contribution >= 0.6 is 11.6 Å². The van der Waals surface area contributed by atoms with Crippen LogP contribution in [-0.4, -0.2) is 34.9 Å². The van der Waals surface area contributed by atoms with Gasteiger partial charge in [0.15, 0.2) is 0 Å². The van der Waals surface area contributed by atoms with Gasteiger partial charge >= 0.3 is 0 Å². The van der Waals surface area contributed by atoms with Crippen molar-refractivity contribution in [2.24, 2.45) is 0 Å². The van der Waals surface area contributed by atoms with Gasteiger partial charge in [-0.25, -0.2) is 4.98 Å². The number of benzene rings is 1. The Morgan fingerprint density at radius 3 is 2.48 bits per heavy atom. The summed E-state index contributed by atoms with van der Waals surface area (Å²) in [6.07, 6.45) is 1.46. The van der Waals surface area contributed by atoms with Crippen LogP contribution in [0.3, 0.4) is 0 Å². The number of aromatic amines is 1. The molecule has 6 nitrogen and oxygen atoms in total. The van der Waals surface area contributed by atoms with Crippen molar-refractivity contribution in [2.45, 2.75) is 6.92 Å². The Balaban J connectivity index is 1.78. The molecule has 0 saturated heterocycles. The van der Waals surface area contributed by atoms with Crippen LogP contribution in [-0.2, 0) is 0 Å². The number of amides is 2. The van der Waals surface area contributed by atoms with Crippen LogP contribution in [0.15, 0.2) is 30.6 Å². The highest BCUT2D eigenvalue weighted by molar-refractivity contribution is 6.33. The number of aryl methyl sites for hydroxylation is 1. The van der Waals surface area contributed by atoms with Gasteiger partial charge in [0.05, 0.1) is 16.9 Å². The summed E-state index contributed by atoms with van der Waals surface area (Å²) < 4.78 is 0. The van der Waals surface area contributed by atoms with E-state index >= 15 is 0 Å². The average Bonchev–Trinajstić information content (AvgIpc) is 2.90. The molecule has 0 aliphatic carbocycles. The largest absolute Gasteiger partial charge is 0.350 e. The number of carbonyl (C=O) groups excluding carboxylic acids is 2. The number of nitrogens with one attached hydrogen (secondary N) is 3. The summed E-state index contributed by atoms with van der Waals surface area (Å²) in [5, 5.41) is 5.76. The zero-order valence-corrected chi connectivity index (χ0v) is 12.2. The fraction of sp³-hybridized carbons (Fsp3) is 0.214. The van der Waals surface area contributed by atoms with Crippen molar-refractivity contribution < 1.29 is 9.59 Å². The van der Waals surface area contributed by atoms with E-state index in [9.17, 15) is 9.59 Å². The lowest BCUT2D eigenvalue weighted by Gasteiger charge is -2.07. The van der Waals surface area contributed by atoms with Gasteiger partial charge in [0, 0.05) is 18.8 Å². The van der Waals surface area contributed by atoms with Crippen LogP contribution in [0.25, 0.3) is 0 Å². The summed E-state index contributed by atoms with van der Waals surface area (Å²) in [6.45, 7) is 2.38. The molecular weight excluding hydrogens is 292 g/mol. The number of H-pyrrole nitrogens is 1. The minimum absolute atomic E-state index is 0.272. The first-order valence-corrected chi connectivity index (χ1v) is 6.78. The topological polar surface area (TPSA) is 86.9 Å². The highest BCUT2D eigenvalue weighted by Gasteiger charge is 2.11. The molecule has 2 rings (SSSR count). The molecule has 3 N–H and O–H groups in total. The van der Waals surface area contributed by atoms with E-state index in [1.807, 2.05) is 0 Å². The lowest BCUT2D eigenvalue weighted by molar-refractivity contribution is 0.0925. The van der Waals surface area contributed by atoms with E-state index in [4.69, 9.17) is 11.6 Å². The Kier molecular flexibility index (Phi) is 4.94. The van der Waals surface area contributed by atoms with E-state index in [1.54, 1.807) is 31.2 Å². The summed E-state index contributed by atoms with van der Waals surface area (Å²) in [5.74, 6) is -0.549. The van der Waals surface area contributed by atoms with Crippen molar-refractivity contribution in [3.05, 3.63) is 52.6 Å². The minimum atomic E-state index is -0.277. The molecular formula is C14H15ClN4O2. The van der Waals surface area contributed by atoms with Crippen LogP contribution in [0.4, 0.5) is 0 Å². The standard InChI is InChI=1S/C14H15ClN4O2/c1-9-12(19-8-18-9)14(21)17-7-6-16-13(20)10-4-2-3-5-11(10)15/h2-5,8H,6-7H2,1H3,(H,16,20)(H,17,21)(H,18,19). The average molecular weight is 307 g/mol. The van der Waals surface area contributed by atoms with Gasteiger partial charge in [0.1, 0.15) is 5.69 Å². The second-order valence-electron chi connectivity index (χ2n) is 4.37. The zero-order chi connectivity index (χ0) is 15.2. The van der Waals surface area contributed by atoms with Gasteiger partial charge in [-0.1, -0.05) is 23.7 Å². The molecule has 2 aromatic rings. The highest BCUT2D eigenvalue weighted by Crippen LogP contribution is 2.14. The molecule has 1 heterocycles. The van der Waals surface area contributed by atoms with E-state index in [-0.39, 0.29) is 11.8 Å². The van der Waals surface area contributed by atoms with Crippen molar-refractivity contribution in [2.75, 3.05) is 13.1 Å². The molecule has 0 bridgehead atoms. The lowest BCUT2D eigenvalue weighted by Crippen LogP contribution is -2.35. The molecule has 0 aliphatic heterocycles. The van der Waals surface area contributed by atoms with Gasteiger partial charge in [0.25, 0.3) is 11.8 Å². The maximum absolute atomic E-state index is 11.9. The molecule has 110 valence electrons. The molecule has 0 saturated carbocycles. The summed E-state index contributed by atoms with van der Waals surface area (Å²) in [4.78, 5) is 30.4. The van der Waals surface area contributed by atoms with Crippen molar-refractivity contribution in [3.8, 4) is 0 Å². The van der Waals surface area contributed by atoms with Gasteiger partial charge in [-0.3, -0.25) is 9.59 Å². The molecule has 0 fully saturated rings. The third-order valence-corrected chi connectivity index (χ3v) is 3.19. The minimum Gasteiger partial charge on any atom is -0.350 e. The Morgan fingerprint density at radius 1 is 1.19 bits per heavy atom. The maximum atomic E-state index is 11.9. The van der Waals surface area contributed by atoms with E-state index in [2.05, 4.69) is 20.6 Å². The molecule has 0 spiro atoms. The summed E-state index contributed by atoms with van der Waals surface area (Å²) in [7, 11) is 0. The Hall–Kier alpha value is -2.34. The van der Waals surface area contributed by atoms with Crippen molar-refractivity contribution in [1.29, 1.82) is 0 Å². The van der Waals surface area contributed by atoms with E-state index in [0.29, 0.717) is 35.1 Å². The normalized spacial score (nSPS) is 10.2. The Morgan fingerprint density at radius 2 is 1.86 bits per heavy atom. The SMILES string of the molecule is Cc1[nH]cnc1C(=O)NCCNC(=O)c1ccccc1Cl. The quantitative estimate of drug-likeness (QED) is 0.732. The molecule has 1 aromatic carbocycles. The zero-order valence-electron chi connectivity index (χ0n) is 11.4. The number of imidazole rings is 1. The number of aromatic nitrogens is 2. The molecule has 21 heavy (non-hydrogen) atoms. The second-order valence-corrected chi connectivity index (χ2v) is 4.77. The van der Waals surface area contributed by atoms with E-state index < -0.39 is 0 Å². The van der Waals surface area contributed by atoms with Gasteiger partial charge in [-0.2, -0.15) is 0 Å². The van der Waals surface area contributed by atoms with E-state index in [0.717, 1.165) is 0 Å². The first kappa shape index (κ1) is 15.1. The summed E-state index contributed by atoms with van der Waals surface area (Å²) in [5.41, 5.74) is 1.47. The first-order chi connectivity index (χ1) is 10.1. The highest BCUT2D eigenvalue weighted by atomic mass is 35.5. The number of halogens is 1. The van der Waals surface area contributed by atoms with E-state index in [1.165, 1.54) is 6.33 Å². The van der Waals surface area contributed by atoms with Crippen molar-refractivity contribution in [3.63, 3.8) is 0 Å². The van der Waals surface area contributed by atoms with Crippen LogP contribution in [0.1, 0.15) is 26.5 Å². The molecule has 0 unspecified atom stereocenters. The lowest BCUT2D eigenvalue weighted by atomic mass is 10.2. The third kappa shape index (κ3) is 3.82. The van der Waals surface area contributed by atoms with Gasteiger partial charge in [0.2, 0.25) is 0 Å². The van der Waals surface area contributed by atoms with Crippen molar-refractivity contribution >= 4 is 23.4 Å². The van der Waals surface area contributed by atoms with Gasteiger partial charge in [-0.05, 0) is 19.1 Å². The van der Waals surface area contributed by atoms with Crippen LogP contribution in [0.5, 0.6) is 0 Å². The van der Waals surface area contributed by atoms with Crippen LogP contribution in [0, 0.1) is 6.92 Å². The molecule has 0 radical (unpaired) electrons. The predicted molar refractivity (Wildman–Crippen MR) is 79.4 cm³/mol. The monoisotopic (exact) mass is 306 g/mol. The van der Waals surface area contributed by atoms with Crippen LogP contribution in [0.2, 0.25) is 5.02 Å². The number of nitrogens with zero attached hydrogens (tertiary/aromatic N) is 1. The summed E-state index contributed by atoms with van der Waals surface area (Å²) in [6, 6.07) is 6.79. The number of hydrogen-bond acceptors (Lipinski definition) is 3. The third-order valence-electron chi connectivity index (χ3n) is 2.86. The Labute approximate surface area is 126 Å². The number of hydrogen-bond donors (Lipinski definition) is 3. The molecule has 0 atom stereocenters. The van der Waals surface area contributed by atoms with Gasteiger partial charge in [-0.15, -0.1) is 0 Å². The molecule has 1 aromatic heterocycles. The summed E-state index contributed by atoms with van der Waals surface area (Å²) >= 11 is 5.93. The number of carbonyl (C=O) groups is 2. The van der Waals surface area contributed by atoms with Crippen molar-refractivity contribution in [1.82, 2.24) is 20.6 Å². The Bertz CT molecular complexity index is 654. The van der Waals surface area contributed by atoms with Gasteiger partial charge < -0.3 is 15.6 Å². The molecule has 2 amide bonds. The predicted octanol–water partition coefficient (Wildman–Crippen LogP) is 1.53. The molecule has 7 heteroatoms. The fourth-order valence-electron chi connectivity index (χ4n) is 1.76. The van der Waals surface area contributed by atoms with Crippen LogP contribution < -0.4 is 10.6 Å². The number of rotatable bonds is 5. The maximum Gasteiger partial charge on any atom is 0.271 e. The first-order valence-electron chi connectivity index (χ1n) is 6.40. The fourth-order valence-corrected chi connectivity index (χ4v) is 1.99. The molecule has 0 aliphatic rings. The second kappa shape index (κ2) is 6.90. The smallest absolute Gasteiger partial charge is 0.271 e.